The largest absolute Gasteiger partial charge is 0.478 e. The Morgan fingerprint density at radius 3 is 2.55 bits per heavy atom. The van der Waals surface area contributed by atoms with Crippen LogP contribution in [0.15, 0.2) is 12.1 Å². The standard InChI is InChI=1S/C13H19N3O4/c1-13(2,3)9-6-8(11(17)18)7-10(16-9)15-4-5-20-12(14)19/h6-7H,4-5H2,1-3H3,(H2,14,19)(H,15,16)(H,17,18). The van der Waals surface area contributed by atoms with Gasteiger partial charge in [0.2, 0.25) is 0 Å². The van der Waals surface area contributed by atoms with E-state index in [2.05, 4.69) is 15.0 Å². The summed E-state index contributed by atoms with van der Waals surface area (Å²) in [5.41, 5.74) is 5.38. The number of primary amides is 1. The first-order chi connectivity index (χ1) is 9.20. The highest BCUT2D eigenvalue weighted by molar-refractivity contribution is 5.88. The van der Waals surface area contributed by atoms with Crippen molar-refractivity contribution in [3.8, 4) is 0 Å². The van der Waals surface area contributed by atoms with Crippen molar-refractivity contribution in [3.63, 3.8) is 0 Å². The average Bonchev–Trinajstić information content (AvgIpc) is 2.33. The molecule has 0 unspecified atom stereocenters. The van der Waals surface area contributed by atoms with Crippen LogP contribution in [0.1, 0.15) is 36.8 Å². The predicted molar refractivity (Wildman–Crippen MR) is 73.9 cm³/mol. The Morgan fingerprint density at radius 1 is 1.40 bits per heavy atom. The summed E-state index contributed by atoms with van der Waals surface area (Å²) in [6.07, 6.45) is -0.852. The first-order valence-electron chi connectivity index (χ1n) is 6.12. The van der Waals surface area contributed by atoms with Gasteiger partial charge in [0.15, 0.2) is 0 Å². The molecule has 0 aliphatic carbocycles. The van der Waals surface area contributed by atoms with Crippen molar-refractivity contribution in [2.24, 2.45) is 5.73 Å². The highest BCUT2D eigenvalue weighted by atomic mass is 16.5. The summed E-state index contributed by atoms with van der Waals surface area (Å²) in [7, 11) is 0. The number of carboxylic acids is 1. The maximum absolute atomic E-state index is 11.1. The van der Waals surface area contributed by atoms with Crippen LogP contribution in [0, 0.1) is 0 Å². The minimum atomic E-state index is -1.02. The lowest BCUT2D eigenvalue weighted by molar-refractivity contribution is 0.0696. The summed E-state index contributed by atoms with van der Waals surface area (Å²) in [6, 6.07) is 2.98. The first-order valence-corrected chi connectivity index (χ1v) is 6.12. The number of anilines is 1. The fraction of sp³-hybridized carbons (Fsp3) is 0.462. The number of pyridine rings is 1. The number of nitrogens with one attached hydrogen (secondary N) is 1. The number of carbonyl (C=O) groups excluding carboxylic acids is 1. The van der Waals surface area contributed by atoms with E-state index >= 15 is 0 Å². The number of aromatic carboxylic acids is 1. The quantitative estimate of drug-likeness (QED) is 0.706. The first kappa shape index (κ1) is 15.7. The third-order valence-electron chi connectivity index (χ3n) is 2.49. The molecule has 1 aromatic heterocycles. The molecule has 1 aromatic rings. The van der Waals surface area contributed by atoms with Crippen LogP contribution in [0.2, 0.25) is 0 Å². The topological polar surface area (TPSA) is 115 Å². The Morgan fingerprint density at radius 2 is 2.05 bits per heavy atom. The molecule has 0 radical (unpaired) electrons. The summed E-state index contributed by atoms with van der Waals surface area (Å²) in [4.78, 5) is 25.9. The molecule has 0 spiro atoms. The van der Waals surface area contributed by atoms with Gasteiger partial charge < -0.3 is 20.9 Å². The number of amides is 1. The van der Waals surface area contributed by atoms with E-state index in [1.165, 1.54) is 6.07 Å². The van der Waals surface area contributed by atoms with Gasteiger partial charge in [-0.05, 0) is 12.1 Å². The third kappa shape index (κ3) is 4.75. The van der Waals surface area contributed by atoms with Crippen LogP contribution < -0.4 is 11.1 Å². The molecule has 0 aromatic carbocycles. The van der Waals surface area contributed by atoms with Crippen LogP contribution in [0.5, 0.6) is 0 Å². The summed E-state index contributed by atoms with van der Waals surface area (Å²) >= 11 is 0. The molecule has 110 valence electrons. The zero-order valence-corrected chi connectivity index (χ0v) is 11.8. The second-order valence-electron chi connectivity index (χ2n) is 5.28. The van der Waals surface area contributed by atoms with Gasteiger partial charge in [-0.3, -0.25) is 0 Å². The molecular weight excluding hydrogens is 262 g/mol. The van der Waals surface area contributed by atoms with Crippen LogP contribution >= 0.6 is 0 Å². The number of carboxylic acid groups (broad SMARTS) is 1. The van der Waals surface area contributed by atoms with Crippen molar-refractivity contribution in [1.82, 2.24) is 4.98 Å². The number of hydrogen-bond donors (Lipinski definition) is 3. The SMILES string of the molecule is CC(C)(C)c1cc(C(=O)O)cc(NCCOC(N)=O)n1. The molecule has 20 heavy (non-hydrogen) atoms. The van der Waals surface area contributed by atoms with E-state index in [4.69, 9.17) is 10.8 Å². The molecule has 0 atom stereocenters. The Labute approximate surface area is 117 Å². The maximum atomic E-state index is 11.1. The van der Waals surface area contributed by atoms with Crippen LogP contribution in [0.25, 0.3) is 0 Å². The van der Waals surface area contributed by atoms with Gasteiger partial charge in [0.05, 0.1) is 12.1 Å². The van der Waals surface area contributed by atoms with Gasteiger partial charge in [-0.2, -0.15) is 0 Å². The van der Waals surface area contributed by atoms with Crippen molar-refractivity contribution >= 4 is 17.9 Å². The highest BCUT2D eigenvalue weighted by Gasteiger charge is 2.19. The monoisotopic (exact) mass is 281 g/mol. The van der Waals surface area contributed by atoms with Crippen molar-refractivity contribution in [2.45, 2.75) is 26.2 Å². The minimum absolute atomic E-state index is 0.0825. The molecule has 1 heterocycles. The van der Waals surface area contributed by atoms with Gasteiger partial charge in [0.25, 0.3) is 0 Å². The van der Waals surface area contributed by atoms with E-state index in [1.54, 1.807) is 6.07 Å². The second-order valence-corrected chi connectivity index (χ2v) is 5.28. The Balaban J connectivity index is 2.87. The molecule has 0 saturated carbocycles. The van der Waals surface area contributed by atoms with Gasteiger partial charge >= 0.3 is 12.1 Å². The predicted octanol–water partition coefficient (Wildman–Crippen LogP) is 1.58. The van der Waals surface area contributed by atoms with Gasteiger partial charge in [0.1, 0.15) is 12.4 Å². The number of hydrogen-bond acceptors (Lipinski definition) is 5. The molecule has 7 nitrogen and oxygen atoms in total. The van der Waals surface area contributed by atoms with Crippen LogP contribution in [0.3, 0.4) is 0 Å². The molecule has 1 amide bonds. The molecule has 0 aliphatic heterocycles. The van der Waals surface area contributed by atoms with Gasteiger partial charge in [-0.1, -0.05) is 20.8 Å². The molecule has 4 N–H and O–H groups in total. The Hall–Kier alpha value is -2.31. The number of nitrogens with zero attached hydrogens (tertiary/aromatic N) is 1. The Bertz CT molecular complexity index is 509. The van der Waals surface area contributed by atoms with E-state index in [1.807, 2.05) is 20.8 Å². The van der Waals surface area contributed by atoms with Crippen LogP contribution in [-0.4, -0.2) is 35.3 Å². The molecule has 0 fully saturated rings. The van der Waals surface area contributed by atoms with Gasteiger partial charge in [-0.25, -0.2) is 14.6 Å². The normalized spacial score (nSPS) is 10.9. The number of rotatable bonds is 5. The summed E-state index contributed by atoms with van der Waals surface area (Å²) in [6.45, 7) is 6.21. The fourth-order valence-electron chi connectivity index (χ4n) is 1.46. The smallest absolute Gasteiger partial charge is 0.404 e. The Kier molecular flexibility index (Phi) is 4.90. The molecule has 0 saturated heterocycles. The van der Waals surface area contributed by atoms with Crippen LogP contribution in [0.4, 0.5) is 10.6 Å². The van der Waals surface area contributed by atoms with E-state index in [9.17, 15) is 9.59 Å². The summed E-state index contributed by atoms with van der Waals surface area (Å²) in [5.74, 6) is -0.600. The molecule has 7 heteroatoms. The molecule has 0 aliphatic rings. The summed E-state index contributed by atoms with van der Waals surface area (Å²) in [5, 5.41) is 12.0. The minimum Gasteiger partial charge on any atom is -0.478 e. The third-order valence-corrected chi connectivity index (χ3v) is 2.49. The van der Waals surface area contributed by atoms with Crippen LogP contribution in [-0.2, 0) is 10.2 Å². The second kappa shape index (κ2) is 6.23. The number of nitrogens with two attached hydrogens (primary N) is 1. The van der Waals surface area contributed by atoms with Gasteiger partial charge in [0, 0.05) is 11.1 Å². The zero-order chi connectivity index (χ0) is 15.3. The molecule has 0 bridgehead atoms. The lowest BCUT2D eigenvalue weighted by Gasteiger charge is -2.19. The van der Waals surface area contributed by atoms with Crippen molar-refractivity contribution < 1.29 is 19.4 Å². The highest BCUT2D eigenvalue weighted by Crippen LogP contribution is 2.23. The zero-order valence-electron chi connectivity index (χ0n) is 11.8. The fourth-order valence-corrected chi connectivity index (χ4v) is 1.46. The maximum Gasteiger partial charge on any atom is 0.404 e. The molecule has 1 rings (SSSR count). The van der Waals surface area contributed by atoms with E-state index < -0.39 is 12.1 Å². The van der Waals surface area contributed by atoms with Crippen molar-refractivity contribution in [1.29, 1.82) is 0 Å². The number of carbonyl (C=O) groups is 2. The van der Waals surface area contributed by atoms with E-state index in [0.717, 1.165) is 0 Å². The molecular formula is C13H19N3O4. The van der Waals surface area contributed by atoms with Gasteiger partial charge in [-0.15, -0.1) is 0 Å². The lowest BCUT2D eigenvalue weighted by atomic mass is 9.91. The van der Waals surface area contributed by atoms with E-state index in [0.29, 0.717) is 18.1 Å². The van der Waals surface area contributed by atoms with Crippen molar-refractivity contribution in [3.05, 3.63) is 23.4 Å². The summed E-state index contributed by atoms with van der Waals surface area (Å²) < 4.78 is 4.57. The average molecular weight is 281 g/mol. The lowest BCUT2D eigenvalue weighted by Crippen LogP contribution is -2.20. The number of aromatic nitrogens is 1. The van der Waals surface area contributed by atoms with E-state index in [-0.39, 0.29) is 17.6 Å². The number of ether oxygens (including phenoxy) is 1. The van der Waals surface area contributed by atoms with Crippen molar-refractivity contribution in [2.75, 3.05) is 18.5 Å².